The molecule has 0 unspecified atom stereocenters. The molecule has 0 bridgehead atoms. The number of nitrogens with one attached hydrogen (secondary N) is 1. The van der Waals surface area contributed by atoms with Gasteiger partial charge >= 0.3 is 5.97 Å². The van der Waals surface area contributed by atoms with E-state index in [9.17, 15) is 27.9 Å². The number of halogens is 3. The number of phenols is 1. The molecule has 0 atom stereocenters. The normalized spacial score (nSPS) is 10.9. The van der Waals surface area contributed by atoms with Crippen LogP contribution < -0.4 is 5.32 Å². The Balaban J connectivity index is 1.95. The zero-order valence-corrected chi connectivity index (χ0v) is 16.6. The molecule has 0 aliphatic rings. The second-order valence-electron chi connectivity index (χ2n) is 6.99. The number of benzene rings is 3. The molecule has 0 saturated carbocycles. The summed E-state index contributed by atoms with van der Waals surface area (Å²) in [6, 6.07) is 9.75. The van der Waals surface area contributed by atoms with Crippen LogP contribution in [0.25, 0.3) is 33.4 Å². The van der Waals surface area contributed by atoms with Gasteiger partial charge in [0.25, 0.3) is 5.91 Å². The quantitative estimate of drug-likeness (QED) is 0.423. The van der Waals surface area contributed by atoms with Crippen LogP contribution in [0.3, 0.4) is 0 Å². The lowest BCUT2D eigenvalue weighted by atomic mass is 9.98. The number of fused-ring (bicyclic) bond motifs is 1. The van der Waals surface area contributed by atoms with E-state index in [1.54, 1.807) is 0 Å². The highest BCUT2D eigenvalue weighted by Gasteiger charge is 2.23. The van der Waals surface area contributed by atoms with Crippen molar-refractivity contribution in [2.75, 3.05) is 6.54 Å². The molecule has 166 valence electrons. The molecule has 10 heteroatoms. The highest BCUT2D eigenvalue weighted by atomic mass is 19.2. The molecule has 1 heterocycles. The third-order valence-electron chi connectivity index (χ3n) is 4.79. The van der Waals surface area contributed by atoms with Gasteiger partial charge in [-0.05, 0) is 42.0 Å². The number of hydrogen-bond donors (Lipinski definition) is 3. The van der Waals surface area contributed by atoms with Crippen LogP contribution in [0.5, 0.6) is 5.75 Å². The number of aliphatic carboxylic acids is 1. The van der Waals surface area contributed by atoms with Crippen molar-refractivity contribution in [2.24, 2.45) is 0 Å². The Bertz CT molecular complexity index is 1430. The Morgan fingerprint density at radius 3 is 2.45 bits per heavy atom. The van der Waals surface area contributed by atoms with Crippen LogP contribution in [-0.2, 0) is 4.79 Å². The maximum atomic E-state index is 13.8. The van der Waals surface area contributed by atoms with Gasteiger partial charge < -0.3 is 15.5 Å². The van der Waals surface area contributed by atoms with Crippen molar-refractivity contribution in [1.82, 2.24) is 15.3 Å². The minimum absolute atomic E-state index is 0.0409. The van der Waals surface area contributed by atoms with Gasteiger partial charge in [-0.15, -0.1) is 0 Å². The first kappa shape index (κ1) is 21.8. The molecule has 0 radical (unpaired) electrons. The standard InChI is InChI=1S/C23H14F3N3O4/c24-13-3-1-2-11(6-13)14-8-17-21(20(22(14)32)23(33)28-10-19(30)31)27-9-18(29-17)12-4-5-15(25)16(26)7-12/h1-9,32H,10H2,(H,28,33)(H,30,31). The van der Waals surface area contributed by atoms with E-state index in [-0.39, 0.29) is 39.0 Å². The van der Waals surface area contributed by atoms with Crippen LogP contribution >= 0.6 is 0 Å². The van der Waals surface area contributed by atoms with Crippen molar-refractivity contribution in [3.63, 3.8) is 0 Å². The molecule has 1 aromatic heterocycles. The fraction of sp³-hybridized carbons (Fsp3) is 0.0435. The molecule has 4 rings (SSSR count). The summed E-state index contributed by atoms with van der Waals surface area (Å²) >= 11 is 0. The number of hydrogen-bond acceptors (Lipinski definition) is 5. The third kappa shape index (κ3) is 4.31. The highest BCUT2D eigenvalue weighted by Crippen LogP contribution is 2.37. The summed E-state index contributed by atoms with van der Waals surface area (Å²) in [4.78, 5) is 32.1. The number of aromatic hydroxyl groups is 1. The summed E-state index contributed by atoms with van der Waals surface area (Å²) in [5.41, 5.74) is 0.268. The number of amides is 1. The molecule has 3 N–H and O–H groups in total. The molecule has 4 aromatic rings. The molecule has 0 fully saturated rings. The van der Waals surface area contributed by atoms with Crippen LogP contribution in [0.15, 0.2) is 54.7 Å². The van der Waals surface area contributed by atoms with Crippen molar-refractivity contribution in [3.8, 4) is 28.1 Å². The Morgan fingerprint density at radius 2 is 1.76 bits per heavy atom. The molecule has 7 nitrogen and oxygen atoms in total. The predicted molar refractivity (Wildman–Crippen MR) is 112 cm³/mol. The smallest absolute Gasteiger partial charge is 0.322 e. The number of carboxylic acids is 1. The van der Waals surface area contributed by atoms with E-state index in [0.717, 1.165) is 18.2 Å². The van der Waals surface area contributed by atoms with Crippen molar-refractivity contribution in [1.29, 1.82) is 0 Å². The Kier molecular flexibility index (Phi) is 5.65. The molecule has 0 aliphatic carbocycles. The minimum atomic E-state index is -1.31. The average molecular weight is 453 g/mol. The van der Waals surface area contributed by atoms with Crippen molar-refractivity contribution >= 4 is 22.9 Å². The van der Waals surface area contributed by atoms with Crippen LogP contribution in [0.4, 0.5) is 13.2 Å². The molecule has 0 saturated heterocycles. The first-order chi connectivity index (χ1) is 15.7. The minimum Gasteiger partial charge on any atom is -0.506 e. The average Bonchev–Trinajstić information content (AvgIpc) is 2.78. The zero-order valence-electron chi connectivity index (χ0n) is 16.6. The third-order valence-corrected chi connectivity index (χ3v) is 4.79. The Morgan fingerprint density at radius 1 is 0.970 bits per heavy atom. The maximum Gasteiger partial charge on any atom is 0.322 e. The fourth-order valence-electron chi connectivity index (χ4n) is 3.28. The van der Waals surface area contributed by atoms with Crippen molar-refractivity contribution in [2.45, 2.75) is 0 Å². The van der Waals surface area contributed by atoms with E-state index >= 15 is 0 Å². The van der Waals surface area contributed by atoms with Gasteiger partial charge in [0.1, 0.15) is 29.2 Å². The first-order valence-corrected chi connectivity index (χ1v) is 9.48. The van der Waals surface area contributed by atoms with E-state index < -0.39 is 41.6 Å². The number of aromatic nitrogens is 2. The van der Waals surface area contributed by atoms with Crippen molar-refractivity contribution < 1.29 is 33.0 Å². The number of carboxylic acid groups (broad SMARTS) is 1. The lowest BCUT2D eigenvalue weighted by molar-refractivity contribution is -0.135. The van der Waals surface area contributed by atoms with Crippen LogP contribution in [0.2, 0.25) is 0 Å². The molecule has 3 aromatic carbocycles. The topological polar surface area (TPSA) is 112 Å². The van der Waals surface area contributed by atoms with E-state index in [2.05, 4.69) is 15.3 Å². The molecular formula is C23H14F3N3O4. The lowest BCUT2D eigenvalue weighted by Gasteiger charge is -2.14. The molecule has 0 aliphatic heterocycles. The van der Waals surface area contributed by atoms with E-state index in [0.29, 0.717) is 0 Å². The summed E-state index contributed by atoms with van der Waals surface area (Å²) < 4.78 is 40.8. The van der Waals surface area contributed by atoms with Crippen LogP contribution in [0, 0.1) is 17.5 Å². The fourth-order valence-corrected chi connectivity index (χ4v) is 3.28. The van der Waals surface area contributed by atoms with Gasteiger partial charge in [0, 0.05) is 11.1 Å². The zero-order chi connectivity index (χ0) is 23.7. The van der Waals surface area contributed by atoms with Gasteiger partial charge in [-0.25, -0.2) is 18.2 Å². The molecule has 1 amide bonds. The monoisotopic (exact) mass is 453 g/mol. The van der Waals surface area contributed by atoms with Crippen LogP contribution in [-0.4, -0.2) is 38.6 Å². The maximum absolute atomic E-state index is 13.8. The number of carbonyl (C=O) groups is 2. The highest BCUT2D eigenvalue weighted by molar-refractivity contribution is 6.10. The molecule has 0 spiro atoms. The van der Waals surface area contributed by atoms with E-state index in [4.69, 9.17) is 5.11 Å². The number of nitrogens with zero attached hydrogens (tertiary/aromatic N) is 2. The van der Waals surface area contributed by atoms with Gasteiger partial charge in [-0.2, -0.15) is 0 Å². The van der Waals surface area contributed by atoms with E-state index in [1.165, 1.54) is 36.5 Å². The number of rotatable bonds is 5. The van der Waals surface area contributed by atoms with Gasteiger partial charge in [-0.3, -0.25) is 14.6 Å². The van der Waals surface area contributed by atoms with Gasteiger partial charge in [0.2, 0.25) is 0 Å². The Hall–Kier alpha value is -4.47. The van der Waals surface area contributed by atoms with Crippen molar-refractivity contribution in [3.05, 3.63) is 77.7 Å². The van der Waals surface area contributed by atoms with Gasteiger partial charge in [-0.1, -0.05) is 12.1 Å². The van der Waals surface area contributed by atoms with Gasteiger partial charge in [0.15, 0.2) is 11.6 Å². The summed E-state index contributed by atoms with van der Waals surface area (Å²) in [7, 11) is 0. The summed E-state index contributed by atoms with van der Waals surface area (Å²) in [5.74, 6) is -5.51. The second-order valence-corrected chi connectivity index (χ2v) is 6.99. The molecular weight excluding hydrogens is 439 g/mol. The largest absolute Gasteiger partial charge is 0.506 e. The summed E-state index contributed by atoms with van der Waals surface area (Å²) in [6.45, 7) is -0.718. The van der Waals surface area contributed by atoms with Crippen LogP contribution in [0.1, 0.15) is 10.4 Å². The number of carbonyl (C=O) groups excluding carboxylic acids is 1. The summed E-state index contributed by atoms with van der Waals surface area (Å²) in [5, 5.41) is 21.8. The van der Waals surface area contributed by atoms with E-state index in [1.807, 2.05) is 0 Å². The van der Waals surface area contributed by atoms with Gasteiger partial charge in [0.05, 0.1) is 17.4 Å². The Labute approximate surface area is 184 Å². The molecule has 33 heavy (non-hydrogen) atoms. The summed E-state index contributed by atoms with van der Waals surface area (Å²) in [6.07, 6.45) is 1.20. The second kappa shape index (κ2) is 8.58. The SMILES string of the molecule is O=C(O)CNC(=O)c1c(O)c(-c2cccc(F)c2)cc2nc(-c3ccc(F)c(F)c3)cnc12. The number of phenolic OH excluding ortho intramolecular Hbond substituents is 1. The first-order valence-electron chi connectivity index (χ1n) is 9.48. The lowest BCUT2D eigenvalue weighted by Crippen LogP contribution is -2.29. The predicted octanol–water partition coefficient (Wildman–Crippen LogP) is 3.90.